The summed E-state index contributed by atoms with van der Waals surface area (Å²) in [7, 11) is 1.72. The number of para-hydroxylation sites is 1. The summed E-state index contributed by atoms with van der Waals surface area (Å²) in [6, 6.07) is 9.09. The first-order chi connectivity index (χ1) is 9.69. The smallest absolute Gasteiger partial charge is 0.407 e. The zero-order chi connectivity index (χ0) is 16.0. The van der Waals surface area contributed by atoms with Crippen molar-refractivity contribution in [2.45, 2.75) is 45.8 Å². The van der Waals surface area contributed by atoms with Gasteiger partial charge in [-0.2, -0.15) is 0 Å². The van der Waals surface area contributed by atoms with Gasteiger partial charge in [-0.3, -0.25) is 4.79 Å². The minimum atomic E-state index is -0.547. The molecule has 0 aliphatic heterocycles. The maximum absolute atomic E-state index is 12.2. The molecule has 5 nitrogen and oxygen atoms in total. The molecular weight excluding hydrogens is 268 g/mol. The Labute approximate surface area is 126 Å². The van der Waals surface area contributed by atoms with Gasteiger partial charge >= 0.3 is 6.09 Å². The monoisotopic (exact) mass is 292 g/mol. The Hall–Kier alpha value is -2.04. The number of hydrogen-bond acceptors (Lipinski definition) is 3. The lowest BCUT2D eigenvalue weighted by atomic mass is 10.2. The van der Waals surface area contributed by atoms with E-state index in [-0.39, 0.29) is 18.4 Å². The van der Waals surface area contributed by atoms with Gasteiger partial charge in [0.25, 0.3) is 0 Å². The Morgan fingerprint density at radius 1 is 1.24 bits per heavy atom. The molecule has 0 heterocycles. The molecule has 5 heteroatoms. The molecule has 1 atom stereocenters. The predicted octanol–water partition coefficient (Wildman–Crippen LogP) is 2.95. The number of nitrogens with one attached hydrogen (secondary N) is 1. The van der Waals surface area contributed by atoms with Crippen molar-refractivity contribution in [3.05, 3.63) is 30.3 Å². The van der Waals surface area contributed by atoms with Crippen LogP contribution in [0, 0.1) is 0 Å². The third-order valence-corrected chi connectivity index (χ3v) is 2.76. The van der Waals surface area contributed by atoms with E-state index in [9.17, 15) is 9.59 Å². The number of carbonyl (C=O) groups is 2. The van der Waals surface area contributed by atoms with Gasteiger partial charge in [0.05, 0.1) is 0 Å². The van der Waals surface area contributed by atoms with Crippen LogP contribution >= 0.6 is 0 Å². The molecule has 21 heavy (non-hydrogen) atoms. The van der Waals surface area contributed by atoms with Gasteiger partial charge in [-0.05, 0) is 39.8 Å². The molecule has 1 unspecified atom stereocenters. The van der Waals surface area contributed by atoms with Crippen molar-refractivity contribution in [1.82, 2.24) is 5.32 Å². The molecule has 1 aromatic carbocycles. The average molecular weight is 292 g/mol. The first kappa shape index (κ1) is 17.0. The lowest BCUT2D eigenvalue weighted by molar-refractivity contribution is -0.118. The van der Waals surface area contributed by atoms with Crippen molar-refractivity contribution in [1.29, 1.82) is 0 Å². The van der Waals surface area contributed by atoms with E-state index < -0.39 is 11.7 Å². The van der Waals surface area contributed by atoms with Crippen molar-refractivity contribution < 1.29 is 14.3 Å². The topological polar surface area (TPSA) is 58.6 Å². The summed E-state index contributed by atoms with van der Waals surface area (Å²) >= 11 is 0. The third-order valence-electron chi connectivity index (χ3n) is 2.76. The van der Waals surface area contributed by atoms with Crippen molar-refractivity contribution in [2.75, 3.05) is 11.9 Å². The van der Waals surface area contributed by atoms with Gasteiger partial charge in [0.15, 0.2) is 0 Å². The van der Waals surface area contributed by atoms with Gasteiger partial charge in [0.2, 0.25) is 5.91 Å². The summed E-state index contributed by atoms with van der Waals surface area (Å²) in [6.07, 6.45) is -0.296. The van der Waals surface area contributed by atoms with Crippen molar-refractivity contribution in [3.8, 4) is 0 Å². The van der Waals surface area contributed by atoms with Gasteiger partial charge in [0, 0.05) is 25.2 Å². The first-order valence-electron chi connectivity index (χ1n) is 7.00. The van der Waals surface area contributed by atoms with Gasteiger partial charge in [-0.15, -0.1) is 0 Å². The van der Waals surface area contributed by atoms with Gasteiger partial charge in [-0.1, -0.05) is 18.2 Å². The predicted molar refractivity (Wildman–Crippen MR) is 83.3 cm³/mol. The van der Waals surface area contributed by atoms with E-state index in [1.807, 2.05) is 30.3 Å². The number of rotatable bonds is 4. The fraction of sp³-hybridized carbons (Fsp3) is 0.500. The molecule has 0 aliphatic rings. The number of benzene rings is 1. The van der Waals surface area contributed by atoms with E-state index in [2.05, 4.69) is 5.32 Å². The maximum Gasteiger partial charge on any atom is 0.407 e. The zero-order valence-corrected chi connectivity index (χ0v) is 13.3. The molecule has 116 valence electrons. The average Bonchev–Trinajstić information content (AvgIpc) is 2.36. The van der Waals surface area contributed by atoms with E-state index >= 15 is 0 Å². The molecule has 1 N–H and O–H groups in total. The molecule has 1 aromatic rings. The standard InChI is InChI=1S/C16H24N2O3/c1-12(17-15(20)21-16(2,3)4)11-14(19)18(5)13-9-7-6-8-10-13/h6-10,12H,11H2,1-5H3,(H,17,20). The van der Waals surface area contributed by atoms with Crippen LogP contribution < -0.4 is 10.2 Å². The maximum atomic E-state index is 12.2. The second kappa shape index (κ2) is 7.11. The van der Waals surface area contributed by atoms with Crippen LogP contribution in [0.3, 0.4) is 0 Å². The number of ether oxygens (including phenoxy) is 1. The Morgan fingerprint density at radius 3 is 2.33 bits per heavy atom. The summed E-state index contributed by atoms with van der Waals surface area (Å²) in [6.45, 7) is 7.17. The lowest BCUT2D eigenvalue weighted by Crippen LogP contribution is -2.40. The quantitative estimate of drug-likeness (QED) is 0.928. The van der Waals surface area contributed by atoms with Crippen molar-refractivity contribution in [2.24, 2.45) is 0 Å². The summed E-state index contributed by atoms with van der Waals surface area (Å²) in [5.74, 6) is -0.0650. The molecule has 0 aromatic heterocycles. The molecule has 0 spiro atoms. The van der Waals surface area contributed by atoms with E-state index in [0.717, 1.165) is 5.69 Å². The SMILES string of the molecule is CC(CC(=O)N(C)c1ccccc1)NC(=O)OC(C)(C)C. The van der Waals surface area contributed by atoms with E-state index in [1.54, 1.807) is 39.6 Å². The minimum Gasteiger partial charge on any atom is -0.444 e. The van der Waals surface area contributed by atoms with Crippen molar-refractivity contribution in [3.63, 3.8) is 0 Å². The lowest BCUT2D eigenvalue weighted by Gasteiger charge is -2.23. The number of nitrogens with zero attached hydrogens (tertiary/aromatic N) is 1. The molecular formula is C16H24N2O3. The van der Waals surface area contributed by atoms with Crippen LogP contribution in [-0.4, -0.2) is 30.7 Å². The summed E-state index contributed by atoms with van der Waals surface area (Å²) in [5.41, 5.74) is 0.279. The molecule has 0 aliphatic carbocycles. The molecule has 1 rings (SSSR count). The van der Waals surface area contributed by atoms with E-state index in [4.69, 9.17) is 4.74 Å². The van der Waals surface area contributed by atoms with Gasteiger partial charge < -0.3 is 15.0 Å². The van der Waals surface area contributed by atoms with Gasteiger partial charge in [-0.25, -0.2) is 4.79 Å². The molecule has 0 fully saturated rings. The Bertz CT molecular complexity index is 480. The van der Waals surface area contributed by atoms with Crippen LogP contribution in [0.5, 0.6) is 0 Å². The highest BCUT2D eigenvalue weighted by Gasteiger charge is 2.20. The first-order valence-corrected chi connectivity index (χ1v) is 7.00. The van der Waals surface area contributed by atoms with Crippen LogP contribution in [-0.2, 0) is 9.53 Å². The van der Waals surface area contributed by atoms with Crippen molar-refractivity contribution >= 4 is 17.7 Å². The second-order valence-electron chi connectivity index (χ2n) is 6.04. The van der Waals surface area contributed by atoms with Crippen LogP contribution in [0.2, 0.25) is 0 Å². The molecule has 0 radical (unpaired) electrons. The molecule has 0 bridgehead atoms. The summed E-state index contributed by atoms with van der Waals surface area (Å²) < 4.78 is 5.16. The Balaban J connectivity index is 2.49. The molecule has 2 amide bonds. The third kappa shape index (κ3) is 6.29. The van der Waals surface area contributed by atoms with Crippen LogP contribution in [0.4, 0.5) is 10.5 Å². The number of anilines is 1. The van der Waals surface area contributed by atoms with E-state index in [0.29, 0.717) is 0 Å². The van der Waals surface area contributed by atoms with Gasteiger partial charge in [0.1, 0.15) is 5.60 Å². The number of amides is 2. The highest BCUT2D eigenvalue weighted by atomic mass is 16.6. The van der Waals surface area contributed by atoms with Crippen LogP contribution in [0.25, 0.3) is 0 Å². The minimum absolute atomic E-state index is 0.0650. The Kier molecular flexibility index (Phi) is 5.76. The molecule has 0 saturated heterocycles. The van der Waals surface area contributed by atoms with Crippen LogP contribution in [0.1, 0.15) is 34.1 Å². The second-order valence-corrected chi connectivity index (χ2v) is 6.04. The fourth-order valence-corrected chi connectivity index (χ4v) is 1.75. The highest BCUT2D eigenvalue weighted by Crippen LogP contribution is 2.13. The number of alkyl carbamates (subject to hydrolysis) is 1. The van der Waals surface area contributed by atoms with E-state index in [1.165, 1.54) is 0 Å². The summed E-state index contributed by atoms with van der Waals surface area (Å²) in [5, 5.41) is 2.67. The highest BCUT2D eigenvalue weighted by molar-refractivity contribution is 5.93. The largest absolute Gasteiger partial charge is 0.444 e. The number of carbonyl (C=O) groups excluding carboxylic acids is 2. The number of hydrogen-bond donors (Lipinski definition) is 1. The Morgan fingerprint density at radius 2 is 1.81 bits per heavy atom. The molecule has 0 saturated carbocycles. The van der Waals surface area contributed by atoms with Crippen LogP contribution in [0.15, 0.2) is 30.3 Å². The fourth-order valence-electron chi connectivity index (χ4n) is 1.75. The normalized spacial score (nSPS) is 12.4. The zero-order valence-electron chi connectivity index (χ0n) is 13.3. The summed E-state index contributed by atoms with van der Waals surface area (Å²) in [4.78, 5) is 25.4.